The van der Waals surface area contributed by atoms with Crippen molar-refractivity contribution >= 4 is 0 Å². The molecule has 0 aromatic heterocycles. The molecule has 0 bridgehead atoms. The molecule has 0 aliphatic heterocycles. The van der Waals surface area contributed by atoms with E-state index in [0.29, 0.717) is 6.61 Å². The van der Waals surface area contributed by atoms with Crippen molar-refractivity contribution in [3.63, 3.8) is 0 Å². The topological polar surface area (TPSA) is 35.2 Å². The number of aryl methyl sites for hydroxylation is 1. The predicted octanol–water partition coefficient (Wildman–Crippen LogP) is 1.98. The van der Waals surface area contributed by atoms with Crippen LogP contribution in [0.15, 0.2) is 30.3 Å². The Labute approximate surface area is 86.1 Å². The van der Waals surface area contributed by atoms with Gasteiger partial charge in [0.1, 0.15) is 0 Å². The van der Waals surface area contributed by atoms with E-state index in [1.165, 1.54) is 5.56 Å². The zero-order chi connectivity index (χ0) is 10.2. The van der Waals surface area contributed by atoms with E-state index in [0.717, 1.165) is 19.4 Å². The van der Waals surface area contributed by atoms with Gasteiger partial charge in [-0.15, -0.1) is 0 Å². The first-order chi connectivity index (χ1) is 6.79. The highest BCUT2D eigenvalue weighted by Gasteiger charge is 1.94. The van der Waals surface area contributed by atoms with Gasteiger partial charge in [-0.1, -0.05) is 30.3 Å². The van der Waals surface area contributed by atoms with Crippen molar-refractivity contribution < 1.29 is 4.74 Å². The first-order valence-corrected chi connectivity index (χ1v) is 5.16. The van der Waals surface area contributed by atoms with Crippen molar-refractivity contribution in [1.29, 1.82) is 0 Å². The highest BCUT2D eigenvalue weighted by molar-refractivity contribution is 5.14. The number of ether oxygens (including phenoxy) is 1. The van der Waals surface area contributed by atoms with E-state index >= 15 is 0 Å². The van der Waals surface area contributed by atoms with Gasteiger partial charge in [0.2, 0.25) is 0 Å². The summed E-state index contributed by atoms with van der Waals surface area (Å²) in [6.07, 6.45) is 2.15. The Hall–Kier alpha value is -0.860. The van der Waals surface area contributed by atoms with Crippen LogP contribution in [-0.4, -0.2) is 19.3 Å². The van der Waals surface area contributed by atoms with Crippen molar-refractivity contribution in [3.05, 3.63) is 35.9 Å². The Morgan fingerprint density at radius 3 is 2.64 bits per heavy atom. The van der Waals surface area contributed by atoms with Gasteiger partial charge in [0.25, 0.3) is 0 Å². The summed E-state index contributed by atoms with van der Waals surface area (Å²) in [5, 5.41) is 0. The van der Waals surface area contributed by atoms with Crippen LogP contribution in [0, 0.1) is 0 Å². The lowest BCUT2D eigenvalue weighted by molar-refractivity contribution is 0.122. The van der Waals surface area contributed by atoms with E-state index in [-0.39, 0.29) is 6.04 Å². The normalized spacial score (nSPS) is 12.7. The molecule has 2 N–H and O–H groups in total. The van der Waals surface area contributed by atoms with E-state index in [2.05, 4.69) is 24.3 Å². The Balaban J connectivity index is 2.05. The molecule has 0 saturated carbocycles. The molecule has 14 heavy (non-hydrogen) atoms. The second kappa shape index (κ2) is 6.57. The molecule has 0 aliphatic rings. The summed E-state index contributed by atoms with van der Waals surface area (Å²) in [7, 11) is 0. The van der Waals surface area contributed by atoms with Gasteiger partial charge in [0.05, 0.1) is 6.61 Å². The summed E-state index contributed by atoms with van der Waals surface area (Å²) < 4.78 is 5.39. The molecule has 1 atom stereocenters. The van der Waals surface area contributed by atoms with Gasteiger partial charge in [-0.2, -0.15) is 0 Å². The standard InChI is InChI=1S/C12H19NO/c1-11(13)10-14-9-5-8-12-6-3-2-4-7-12/h2-4,6-7,11H,5,8-10,13H2,1H3/t11-/m0/s1. The number of hydrogen-bond donors (Lipinski definition) is 1. The molecule has 0 spiro atoms. The third-order valence-electron chi connectivity index (χ3n) is 1.98. The quantitative estimate of drug-likeness (QED) is 0.701. The fourth-order valence-electron chi connectivity index (χ4n) is 1.29. The maximum atomic E-state index is 5.56. The van der Waals surface area contributed by atoms with E-state index in [1.54, 1.807) is 0 Å². The zero-order valence-corrected chi connectivity index (χ0v) is 8.78. The lowest BCUT2D eigenvalue weighted by atomic mass is 10.1. The molecule has 0 heterocycles. The van der Waals surface area contributed by atoms with Crippen LogP contribution in [0.4, 0.5) is 0 Å². The Kier molecular flexibility index (Phi) is 5.27. The maximum Gasteiger partial charge on any atom is 0.0614 e. The second-order valence-electron chi connectivity index (χ2n) is 3.64. The van der Waals surface area contributed by atoms with Gasteiger partial charge >= 0.3 is 0 Å². The van der Waals surface area contributed by atoms with Crippen LogP contribution in [0.5, 0.6) is 0 Å². The molecule has 0 aliphatic carbocycles. The zero-order valence-electron chi connectivity index (χ0n) is 8.78. The number of nitrogens with two attached hydrogens (primary N) is 1. The van der Waals surface area contributed by atoms with Crippen LogP contribution in [-0.2, 0) is 11.2 Å². The number of hydrogen-bond acceptors (Lipinski definition) is 2. The van der Waals surface area contributed by atoms with E-state index < -0.39 is 0 Å². The van der Waals surface area contributed by atoms with Gasteiger partial charge in [0, 0.05) is 12.6 Å². The van der Waals surface area contributed by atoms with Crippen molar-refractivity contribution in [2.45, 2.75) is 25.8 Å². The molecule has 0 saturated heterocycles. The Morgan fingerprint density at radius 2 is 2.00 bits per heavy atom. The fraction of sp³-hybridized carbons (Fsp3) is 0.500. The lowest BCUT2D eigenvalue weighted by Gasteiger charge is -2.06. The smallest absolute Gasteiger partial charge is 0.0614 e. The molecule has 0 fully saturated rings. The third kappa shape index (κ3) is 5.00. The minimum absolute atomic E-state index is 0.145. The molecule has 0 unspecified atom stereocenters. The molecule has 1 aromatic carbocycles. The van der Waals surface area contributed by atoms with Crippen LogP contribution in [0.1, 0.15) is 18.9 Å². The molecule has 0 amide bonds. The highest BCUT2D eigenvalue weighted by atomic mass is 16.5. The van der Waals surface area contributed by atoms with Crippen LogP contribution >= 0.6 is 0 Å². The summed E-state index contributed by atoms with van der Waals surface area (Å²) in [5.41, 5.74) is 6.93. The summed E-state index contributed by atoms with van der Waals surface area (Å²) >= 11 is 0. The summed E-state index contributed by atoms with van der Waals surface area (Å²) in [6.45, 7) is 3.42. The van der Waals surface area contributed by atoms with Crippen LogP contribution in [0.3, 0.4) is 0 Å². The van der Waals surface area contributed by atoms with Gasteiger partial charge in [0.15, 0.2) is 0 Å². The molecule has 0 radical (unpaired) electrons. The summed E-state index contributed by atoms with van der Waals surface area (Å²) in [6, 6.07) is 10.6. The van der Waals surface area contributed by atoms with E-state index in [9.17, 15) is 0 Å². The average Bonchev–Trinajstić information content (AvgIpc) is 2.18. The molecular formula is C12H19NO. The predicted molar refractivity (Wildman–Crippen MR) is 59.2 cm³/mol. The van der Waals surface area contributed by atoms with Gasteiger partial charge in [-0.3, -0.25) is 0 Å². The monoisotopic (exact) mass is 193 g/mol. The van der Waals surface area contributed by atoms with Crippen LogP contribution in [0.2, 0.25) is 0 Å². The van der Waals surface area contributed by atoms with Crippen LogP contribution < -0.4 is 5.73 Å². The lowest BCUT2D eigenvalue weighted by Crippen LogP contribution is -2.22. The van der Waals surface area contributed by atoms with Crippen molar-refractivity contribution in [2.24, 2.45) is 5.73 Å². The minimum atomic E-state index is 0.145. The van der Waals surface area contributed by atoms with Crippen LogP contribution in [0.25, 0.3) is 0 Å². The van der Waals surface area contributed by atoms with Gasteiger partial charge in [-0.25, -0.2) is 0 Å². The fourth-order valence-corrected chi connectivity index (χ4v) is 1.29. The second-order valence-corrected chi connectivity index (χ2v) is 3.64. The third-order valence-corrected chi connectivity index (χ3v) is 1.98. The van der Waals surface area contributed by atoms with Crippen molar-refractivity contribution in [1.82, 2.24) is 0 Å². The van der Waals surface area contributed by atoms with E-state index in [1.807, 2.05) is 13.0 Å². The molecule has 78 valence electrons. The molecule has 1 aromatic rings. The molecule has 1 rings (SSSR count). The van der Waals surface area contributed by atoms with Gasteiger partial charge in [-0.05, 0) is 25.3 Å². The van der Waals surface area contributed by atoms with Crippen molar-refractivity contribution in [3.8, 4) is 0 Å². The Bertz CT molecular complexity index is 233. The summed E-state index contributed by atoms with van der Waals surface area (Å²) in [4.78, 5) is 0. The summed E-state index contributed by atoms with van der Waals surface area (Å²) in [5.74, 6) is 0. The number of benzene rings is 1. The SMILES string of the molecule is C[C@H](N)COCCCc1ccccc1. The molecule has 2 heteroatoms. The first-order valence-electron chi connectivity index (χ1n) is 5.16. The Morgan fingerprint density at radius 1 is 1.29 bits per heavy atom. The van der Waals surface area contributed by atoms with Crippen molar-refractivity contribution in [2.75, 3.05) is 13.2 Å². The molecule has 2 nitrogen and oxygen atoms in total. The highest BCUT2D eigenvalue weighted by Crippen LogP contribution is 2.02. The largest absolute Gasteiger partial charge is 0.380 e. The van der Waals surface area contributed by atoms with Gasteiger partial charge < -0.3 is 10.5 Å². The number of rotatable bonds is 6. The average molecular weight is 193 g/mol. The minimum Gasteiger partial charge on any atom is -0.380 e. The van der Waals surface area contributed by atoms with E-state index in [4.69, 9.17) is 10.5 Å². The molecular weight excluding hydrogens is 174 g/mol. The maximum absolute atomic E-state index is 5.56. The first kappa shape index (κ1) is 11.2.